The summed E-state index contributed by atoms with van der Waals surface area (Å²) >= 11 is 3.92. The van der Waals surface area contributed by atoms with Gasteiger partial charge in [-0.15, -0.1) is 0 Å². The number of aliphatic carboxylic acids is 2. The van der Waals surface area contributed by atoms with E-state index in [1.807, 2.05) is 0 Å². The summed E-state index contributed by atoms with van der Waals surface area (Å²) in [5.74, 6) is -5.52. The molecule has 186 valence electrons. The van der Waals surface area contributed by atoms with E-state index in [9.17, 15) is 33.6 Å². The van der Waals surface area contributed by atoms with Crippen molar-refractivity contribution in [2.24, 2.45) is 0 Å². The van der Waals surface area contributed by atoms with E-state index in [0.717, 1.165) is 6.92 Å². The van der Waals surface area contributed by atoms with Crippen LogP contribution in [0.1, 0.15) is 32.6 Å². The minimum absolute atomic E-state index is 0.207. The minimum atomic E-state index is -1.29. The maximum absolute atomic E-state index is 12.3. The molecule has 2 atom stereocenters. The summed E-state index contributed by atoms with van der Waals surface area (Å²) in [6.07, 6.45) is -1.33. The maximum atomic E-state index is 12.3. The highest BCUT2D eigenvalue weighted by Crippen LogP contribution is 2.00. The molecular formula is C18H29N5O9S. The zero-order valence-corrected chi connectivity index (χ0v) is 18.9. The van der Waals surface area contributed by atoms with Gasteiger partial charge in [0.25, 0.3) is 0 Å². The lowest BCUT2D eigenvalue weighted by atomic mass is 10.1. The lowest BCUT2D eigenvalue weighted by molar-refractivity contribution is -0.138. The quantitative estimate of drug-likeness (QED) is 0.103. The first-order valence-corrected chi connectivity index (χ1v) is 10.5. The first-order chi connectivity index (χ1) is 15.5. The molecule has 0 bridgehead atoms. The molecular weight excluding hydrogens is 462 g/mol. The fourth-order valence-corrected chi connectivity index (χ4v) is 2.51. The molecule has 5 amide bonds. The SMILES string of the molecule is CC(=O)NC(CCC(=O)O)C(=O)NCC(=O)NC(CCC(=O)O)C(=O)NCC(=O)NCCS. The van der Waals surface area contributed by atoms with Crippen LogP contribution in [0.4, 0.5) is 0 Å². The number of amides is 5. The number of hydrogen-bond acceptors (Lipinski definition) is 8. The fraction of sp³-hybridized carbons (Fsp3) is 0.611. The van der Waals surface area contributed by atoms with Gasteiger partial charge in [-0.25, -0.2) is 0 Å². The first kappa shape index (κ1) is 29.6. The first-order valence-electron chi connectivity index (χ1n) is 9.89. The van der Waals surface area contributed by atoms with Gasteiger partial charge in [-0.1, -0.05) is 0 Å². The van der Waals surface area contributed by atoms with Crippen molar-refractivity contribution in [1.29, 1.82) is 0 Å². The molecule has 0 fully saturated rings. The normalized spacial score (nSPS) is 11.9. The third-order valence-electron chi connectivity index (χ3n) is 3.92. The summed E-state index contributed by atoms with van der Waals surface area (Å²) in [5, 5.41) is 29.1. The summed E-state index contributed by atoms with van der Waals surface area (Å²) in [4.78, 5) is 81.0. The molecule has 0 radical (unpaired) electrons. The largest absolute Gasteiger partial charge is 0.481 e. The van der Waals surface area contributed by atoms with Gasteiger partial charge in [-0.3, -0.25) is 33.6 Å². The van der Waals surface area contributed by atoms with Gasteiger partial charge in [-0.05, 0) is 12.8 Å². The van der Waals surface area contributed by atoms with E-state index in [4.69, 9.17) is 10.2 Å². The van der Waals surface area contributed by atoms with Crippen LogP contribution in [-0.2, 0) is 33.6 Å². The van der Waals surface area contributed by atoms with Crippen LogP contribution < -0.4 is 26.6 Å². The van der Waals surface area contributed by atoms with Gasteiger partial charge >= 0.3 is 11.9 Å². The second kappa shape index (κ2) is 16.3. The van der Waals surface area contributed by atoms with E-state index in [1.54, 1.807) is 0 Å². The van der Waals surface area contributed by atoms with Crippen molar-refractivity contribution in [3.05, 3.63) is 0 Å². The predicted octanol–water partition coefficient (Wildman–Crippen LogP) is -3.02. The zero-order valence-electron chi connectivity index (χ0n) is 18.0. The Morgan fingerprint density at radius 3 is 1.61 bits per heavy atom. The van der Waals surface area contributed by atoms with Gasteiger partial charge in [0, 0.05) is 32.1 Å². The van der Waals surface area contributed by atoms with Crippen LogP contribution >= 0.6 is 12.6 Å². The monoisotopic (exact) mass is 491 g/mol. The molecule has 0 aromatic rings. The van der Waals surface area contributed by atoms with Gasteiger partial charge in [0.15, 0.2) is 0 Å². The Kier molecular flexibility index (Phi) is 14.6. The number of hydrogen-bond donors (Lipinski definition) is 8. The van der Waals surface area contributed by atoms with E-state index in [0.29, 0.717) is 5.75 Å². The van der Waals surface area contributed by atoms with Crippen molar-refractivity contribution in [2.45, 2.75) is 44.7 Å². The molecule has 0 aromatic carbocycles. The van der Waals surface area contributed by atoms with E-state index >= 15 is 0 Å². The Bertz CT molecular complexity index is 747. The molecule has 0 aliphatic carbocycles. The Labute approximate surface area is 195 Å². The van der Waals surface area contributed by atoms with Crippen molar-refractivity contribution in [1.82, 2.24) is 26.6 Å². The van der Waals surface area contributed by atoms with Gasteiger partial charge in [0.1, 0.15) is 12.1 Å². The Balaban J connectivity index is 4.88. The van der Waals surface area contributed by atoms with Crippen LogP contribution in [0, 0.1) is 0 Å². The average molecular weight is 492 g/mol. The molecule has 7 N–H and O–H groups in total. The fourth-order valence-electron chi connectivity index (χ4n) is 2.40. The van der Waals surface area contributed by atoms with E-state index < -0.39 is 79.5 Å². The summed E-state index contributed by atoms with van der Waals surface area (Å²) in [6.45, 7) is 0.396. The number of nitrogens with one attached hydrogen (secondary N) is 5. The van der Waals surface area contributed by atoms with Gasteiger partial charge in [0.05, 0.1) is 13.1 Å². The van der Waals surface area contributed by atoms with Gasteiger partial charge in [-0.2, -0.15) is 12.6 Å². The lowest BCUT2D eigenvalue weighted by Crippen LogP contribution is -2.53. The van der Waals surface area contributed by atoms with Crippen molar-refractivity contribution in [3.8, 4) is 0 Å². The molecule has 0 saturated heterocycles. The third-order valence-corrected chi connectivity index (χ3v) is 4.14. The molecule has 0 rings (SSSR count). The van der Waals surface area contributed by atoms with Gasteiger partial charge in [0.2, 0.25) is 29.5 Å². The van der Waals surface area contributed by atoms with Crippen LogP contribution in [0.15, 0.2) is 0 Å². The highest BCUT2D eigenvalue weighted by molar-refractivity contribution is 7.80. The number of rotatable bonds is 16. The second-order valence-corrected chi connectivity index (χ2v) is 7.19. The second-order valence-electron chi connectivity index (χ2n) is 6.75. The smallest absolute Gasteiger partial charge is 0.303 e. The highest BCUT2D eigenvalue weighted by atomic mass is 32.1. The molecule has 15 heteroatoms. The van der Waals surface area contributed by atoms with Crippen LogP contribution in [-0.4, -0.2) is 89.2 Å². The predicted molar refractivity (Wildman–Crippen MR) is 116 cm³/mol. The molecule has 0 heterocycles. The van der Waals surface area contributed by atoms with Crippen LogP contribution in [0.3, 0.4) is 0 Å². The van der Waals surface area contributed by atoms with Crippen LogP contribution in [0.2, 0.25) is 0 Å². The number of carboxylic acids is 2. The number of thiol groups is 1. The Morgan fingerprint density at radius 2 is 1.18 bits per heavy atom. The summed E-state index contributed by atoms with van der Waals surface area (Å²) in [6, 6.07) is -2.48. The Morgan fingerprint density at radius 1 is 0.727 bits per heavy atom. The molecule has 0 aliphatic heterocycles. The van der Waals surface area contributed by atoms with Crippen molar-refractivity contribution in [2.75, 3.05) is 25.4 Å². The third kappa shape index (κ3) is 15.1. The Hall–Kier alpha value is -3.36. The number of carbonyl (C=O) groups excluding carboxylic acids is 5. The number of carbonyl (C=O) groups is 7. The molecule has 14 nitrogen and oxygen atoms in total. The maximum Gasteiger partial charge on any atom is 0.303 e. The topological polar surface area (TPSA) is 220 Å². The van der Waals surface area contributed by atoms with Crippen molar-refractivity contribution >= 4 is 54.1 Å². The van der Waals surface area contributed by atoms with E-state index in [-0.39, 0.29) is 19.4 Å². The minimum Gasteiger partial charge on any atom is -0.481 e. The summed E-state index contributed by atoms with van der Waals surface area (Å²) in [5.41, 5.74) is 0. The lowest BCUT2D eigenvalue weighted by Gasteiger charge is -2.19. The van der Waals surface area contributed by atoms with Crippen LogP contribution in [0.25, 0.3) is 0 Å². The van der Waals surface area contributed by atoms with Crippen LogP contribution in [0.5, 0.6) is 0 Å². The molecule has 0 saturated carbocycles. The molecule has 33 heavy (non-hydrogen) atoms. The van der Waals surface area contributed by atoms with E-state index in [1.165, 1.54) is 0 Å². The standard InChI is InChI=1S/C18H29N5O9S/c1-10(24)22-11(2-4-15(27)28)17(31)21-9-14(26)23-12(3-5-16(29)30)18(32)20-8-13(25)19-6-7-33/h11-12,33H,2-9H2,1H3,(H,19,25)(H,20,32)(H,21,31)(H,22,24)(H,23,26)(H,27,28)(H,29,30). The van der Waals surface area contributed by atoms with Gasteiger partial charge < -0.3 is 36.8 Å². The highest BCUT2D eigenvalue weighted by Gasteiger charge is 2.24. The molecule has 0 aliphatic rings. The van der Waals surface area contributed by atoms with E-state index in [2.05, 4.69) is 39.2 Å². The summed E-state index contributed by atoms with van der Waals surface area (Å²) < 4.78 is 0. The summed E-state index contributed by atoms with van der Waals surface area (Å²) in [7, 11) is 0. The molecule has 0 spiro atoms. The average Bonchev–Trinajstić information content (AvgIpc) is 2.73. The zero-order chi connectivity index (χ0) is 25.4. The molecule has 2 unspecified atom stereocenters. The van der Waals surface area contributed by atoms with Crippen molar-refractivity contribution in [3.63, 3.8) is 0 Å². The van der Waals surface area contributed by atoms with Crippen molar-refractivity contribution < 1.29 is 43.8 Å². The number of carboxylic acid groups (broad SMARTS) is 2. The molecule has 0 aromatic heterocycles.